The Balaban J connectivity index is 2.08. The van der Waals surface area contributed by atoms with Gasteiger partial charge in [-0.2, -0.15) is 10.1 Å². The lowest BCUT2D eigenvalue weighted by molar-refractivity contribution is -0.139. The van der Waals surface area contributed by atoms with Crippen molar-refractivity contribution in [3.8, 4) is 0 Å². The Kier molecular flexibility index (Phi) is 4.11. The summed E-state index contributed by atoms with van der Waals surface area (Å²) in [5.74, 6) is 0.253. The van der Waals surface area contributed by atoms with Crippen molar-refractivity contribution < 1.29 is 9.53 Å². The van der Waals surface area contributed by atoms with Gasteiger partial charge in [-0.25, -0.2) is 9.48 Å². The van der Waals surface area contributed by atoms with Crippen molar-refractivity contribution >= 4 is 17.6 Å². The molecule has 1 unspecified atom stereocenters. The predicted molar refractivity (Wildman–Crippen MR) is 90.4 cm³/mol. The Morgan fingerprint density at radius 1 is 1.38 bits per heavy atom. The first-order valence-electron chi connectivity index (χ1n) is 7.63. The molecule has 24 heavy (non-hydrogen) atoms. The summed E-state index contributed by atoms with van der Waals surface area (Å²) in [7, 11) is 3.94. The molecule has 3 rings (SSSR count). The number of carbonyl (C=O) groups excluding carboxylic acids is 1. The Bertz CT molecular complexity index is 778. The molecule has 0 amide bonds. The summed E-state index contributed by atoms with van der Waals surface area (Å²) >= 11 is 0. The molecule has 0 saturated carbocycles. The van der Waals surface area contributed by atoms with E-state index in [1.54, 1.807) is 11.6 Å². The molecule has 0 saturated heterocycles. The van der Waals surface area contributed by atoms with Gasteiger partial charge in [0.2, 0.25) is 5.95 Å². The number of anilines is 2. The van der Waals surface area contributed by atoms with Crippen molar-refractivity contribution in [3.63, 3.8) is 0 Å². The Labute approximate surface area is 139 Å². The average Bonchev–Trinajstić information content (AvgIpc) is 3.01. The number of benzene rings is 1. The molecule has 3 N–H and O–H groups in total. The van der Waals surface area contributed by atoms with Gasteiger partial charge in [-0.15, -0.1) is 0 Å². The van der Waals surface area contributed by atoms with E-state index in [0.717, 1.165) is 11.3 Å². The number of nitrogens with two attached hydrogens (primary N) is 1. The van der Waals surface area contributed by atoms with Gasteiger partial charge < -0.3 is 20.7 Å². The molecular formula is C16H20N6O2. The molecular weight excluding hydrogens is 308 g/mol. The smallest absolute Gasteiger partial charge is 0.340 e. The average molecular weight is 328 g/mol. The van der Waals surface area contributed by atoms with Crippen LogP contribution in [0.1, 0.15) is 18.5 Å². The highest BCUT2D eigenvalue weighted by Crippen LogP contribution is 2.34. The second kappa shape index (κ2) is 6.23. The molecule has 1 atom stereocenters. The lowest BCUT2D eigenvalue weighted by Gasteiger charge is -2.28. The maximum atomic E-state index is 12.4. The third-order valence-electron chi connectivity index (χ3n) is 3.85. The summed E-state index contributed by atoms with van der Waals surface area (Å²) in [5.41, 5.74) is 8.33. The number of ether oxygens (including phenoxy) is 1. The number of nitrogens with one attached hydrogen (secondary N) is 1. The summed E-state index contributed by atoms with van der Waals surface area (Å²) < 4.78 is 6.80. The van der Waals surface area contributed by atoms with Gasteiger partial charge >= 0.3 is 5.97 Å². The van der Waals surface area contributed by atoms with Crippen LogP contribution in [0.4, 0.5) is 11.6 Å². The minimum atomic E-state index is -0.487. The van der Waals surface area contributed by atoms with Gasteiger partial charge in [0.05, 0.1) is 6.61 Å². The van der Waals surface area contributed by atoms with Gasteiger partial charge in [0.25, 0.3) is 0 Å². The first-order valence-corrected chi connectivity index (χ1v) is 7.63. The number of esters is 1. The summed E-state index contributed by atoms with van der Waals surface area (Å²) in [6.07, 6.45) is 1.42. The quantitative estimate of drug-likeness (QED) is 0.811. The van der Waals surface area contributed by atoms with Crippen LogP contribution in [-0.4, -0.2) is 41.4 Å². The number of aromatic nitrogens is 3. The van der Waals surface area contributed by atoms with Crippen molar-refractivity contribution in [1.29, 1.82) is 0 Å². The van der Waals surface area contributed by atoms with Crippen molar-refractivity contribution in [3.05, 3.63) is 47.6 Å². The number of carbonyl (C=O) groups is 1. The summed E-state index contributed by atoms with van der Waals surface area (Å²) in [5, 5.41) is 7.13. The van der Waals surface area contributed by atoms with E-state index in [9.17, 15) is 4.79 Å². The second-order valence-electron chi connectivity index (χ2n) is 5.59. The highest BCUT2D eigenvalue weighted by Gasteiger charge is 2.34. The number of hydrogen-bond donors (Lipinski definition) is 2. The van der Waals surface area contributed by atoms with E-state index in [0.29, 0.717) is 11.5 Å². The largest absolute Gasteiger partial charge is 0.462 e. The molecule has 8 heteroatoms. The van der Waals surface area contributed by atoms with Crippen LogP contribution in [0, 0.1) is 0 Å². The number of hydrogen-bond acceptors (Lipinski definition) is 7. The first-order chi connectivity index (χ1) is 11.5. The van der Waals surface area contributed by atoms with Gasteiger partial charge in [-0.05, 0) is 24.6 Å². The Hall–Kier alpha value is -3.03. The van der Waals surface area contributed by atoms with Crippen molar-refractivity contribution in [2.45, 2.75) is 13.0 Å². The van der Waals surface area contributed by atoms with Crippen LogP contribution in [-0.2, 0) is 9.53 Å². The maximum Gasteiger partial charge on any atom is 0.340 e. The van der Waals surface area contributed by atoms with E-state index in [1.165, 1.54) is 6.33 Å². The molecule has 1 aromatic carbocycles. The molecule has 1 aromatic heterocycles. The summed E-state index contributed by atoms with van der Waals surface area (Å²) in [6, 6.07) is 7.37. The Morgan fingerprint density at radius 3 is 2.71 bits per heavy atom. The fourth-order valence-electron chi connectivity index (χ4n) is 2.68. The van der Waals surface area contributed by atoms with Gasteiger partial charge in [0.1, 0.15) is 23.8 Å². The lowest BCUT2D eigenvalue weighted by atomic mass is 9.97. The molecule has 8 nitrogen and oxygen atoms in total. The molecule has 0 bridgehead atoms. The molecule has 1 aliphatic rings. The fraction of sp³-hybridized carbons (Fsp3) is 0.312. The van der Waals surface area contributed by atoms with E-state index in [1.807, 2.05) is 43.3 Å². The van der Waals surface area contributed by atoms with Crippen LogP contribution in [0.15, 0.2) is 42.0 Å². The third-order valence-corrected chi connectivity index (χ3v) is 3.85. The van der Waals surface area contributed by atoms with Gasteiger partial charge in [-0.1, -0.05) is 12.1 Å². The van der Waals surface area contributed by atoms with E-state index in [4.69, 9.17) is 10.5 Å². The molecule has 126 valence electrons. The molecule has 1 aliphatic heterocycles. The standard InChI is InChI=1S/C16H20N6O2/c1-4-24-15(23)12-13(10-5-7-11(8-6-10)21(2)3)22-16(18-9-19-22)20-14(12)17/h5-9,13H,4,17H2,1-3H3,(H,18,19,20). The molecule has 2 aromatic rings. The van der Waals surface area contributed by atoms with Crippen molar-refractivity contribution in [2.75, 3.05) is 30.9 Å². The van der Waals surface area contributed by atoms with Crippen molar-refractivity contribution in [2.24, 2.45) is 5.73 Å². The number of fused-ring (bicyclic) bond motifs is 1. The summed E-state index contributed by atoms with van der Waals surface area (Å²) in [4.78, 5) is 18.6. The van der Waals surface area contributed by atoms with Crippen LogP contribution in [0.2, 0.25) is 0 Å². The van der Waals surface area contributed by atoms with E-state index in [2.05, 4.69) is 15.4 Å². The minimum absolute atomic E-state index is 0.232. The van der Waals surface area contributed by atoms with Crippen LogP contribution >= 0.6 is 0 Å². The number of nitrogens with zero attached hydrogens (tertiary/aromatic N) is 4. The maximum absolute atomic E-state index is 12.4. The van der Waals surface area contributed by atoms with E-state index >= 15 is 0 Å². The molecule has 2 heterocycles. The monoisotopic (exact) mass is 328 g/mol. The normalized spacial score (nSPS) is 16.4. The first kappa shape index (κ1) is 15.9. The Morgan fingerprint density at radius 2 is 2.08 bits per heavy atom. The van der Waals surface area contributed by atoms with Gasteiger partial charge in [-0.3, -0.25) is 0 Å². The van der Waals surface area contributed by atoms with Crippen LogP contribution in [0.25, 0.3) is 0 Å². The minimum Gasteiger partial charge on any atom is -0.462 e. The van der Waals surface area contributed by atoms with Crippen molar-refractivity contribution in [1.82, 2.24) is 14.8 Å². The molecule has 0 radical (unpaired) electrons. The molecule has 0 aliphatic carbocycles. The predicted octanol–water partition coefficient (Wildman–Crippen LogP) is 1.09. The second-order valence-corrected chi connectivity index (χ2v) is 5.59. The lowest BCUT2D eigenvalue weighted by Crippen LogP contribution is -2.33. The highest BCUT2D eigenvalue weighted by atomic mass is 16.5. The van der Waals surface area contributed by atoms with Crippen LogP contribution < -0.4 is 16.0 Å². The fourth-order valence-corrected chi connectivity index (χ4v) is 2.68. The topological polar surface area (TPSA) is 98.3 Å². The zero-order valence-corrected chi connectivity index (χ0v) is 13.9. The van der Waals surface area contributed by atoms with Gasteiger partial charge in [0.15, 0.2) is 0 Å². The van der Waals surface area contributed by atoms with E-state index in [-0.39, 0.29) is 12.4 Å². The molecule has 0 spiro atoms. The van der Waals surface area contributed by atoms with Gasteiger partial charge in [0, 0.05) is 19.8 Å². The zero-order chi connectivity index (χ0) is 17.3. The van der Waals surface area contributed by atoms with E-state index < -0.39 is 12.0 Å². The van der Waals surface area contributed by atoms with Crippen LogP contribution in [0.5, 0.6) is 0 Å². The SMILES string of the molecule is CCOC(=O)C1=C(N)Nc2ncnn2C1c1ccc(N(C)C)cc1. The summed E-state index contributed by atoms with van der Waals surface area (Å²) in [6.45, 7) is 2.03. The molecule has 0 fully saturated rings. The number of rotatable bonds is 4. The van der Waals surface area contributed by atoms with Crippen LogP contribution in [0.3, 0.4) is 0 Å². The third kappa shape index (κ3) is 2.66. The highest BCUT2D eigenvalue weighted by molar-refractivity contribution is 5.92. The zero-order valence-electron chi connectivity index (χ0n) is 13.9.